The van der Waals surface area contributed by atoms with Crippen LogP contribution in [0, 0.1) is 0 Å². The third-order valence-corrected chi connectivity index (χ3v) is 7.66. The lowest BCUT2D eigenvalue weighted by atomic mass is 10.1. The number of rotatable bonds is 4. The van der Waals surface area contributed by atoms with Crippen molar-refractivity contribution < 1.29 is 18.0 Å². The summed E-state index contributed by atoms with van der Waals surface area (Å²) in [6.45, 7) is 3.16. The first-order valence-electron chi connectivity index (χ1n) is 10.8. The minimum atomic E-state index is -4.09. The second-order valence-corrected chi connectivity index (χ2v) is 9.68. The molecule has 2 aliphatic heterocycles. The maximum absolute atomic E-state index is 13.4. The number of nitrogens with zero attached hydrogens (tertiary/aromatic N) is 3. The highest BCUT2D eigenvalue weighted by Gasteiger charge is 2.43. The number of hydrogen-bond acceptors (Lipinski definition) is 4. The summed E-state index contributed by atoms with van der Waals surface area (Å²) in [6, 6.07) is 12.5. The van der Waals surface area contributed by atoms with Crippen LogP contribution in [0.3, 0.4) is 0 Å². The Kier molecular flexibility index (Phi) is 6.00. The van der Waals surface area contributed by atoms with E-state index in [0.29, 0.717) is 13.1 Å². The van der Waals surface area contributed by atoms with Crippen LogP contribution in [0.15, 0.2) is 53.4 Å². The number of sulfonamides is 1. The summed E-state index contributed by atoms with van der Waals surface area (Å²) >= 11 is 0. The number of carbonyl (C=O) groups is 2. The number of amides is 3. The highest BCUT2D eigenvalue weighted by Crippen LogP contribution is 2.37. The molecule has 164 valence electrons. The summed E-state index contributed by atoms with van der Waals surface area (Å²) in [7, 11) is -4.09. The monoisotopic (exact) mass is 441 g/mol. The molecule has 3 amide bonds. The van der Waals surface area contributed by atoms with Crippen LogP contribution in [-0.2, 0) is 21.2 Å². The molecule has 0 aliphatic carbocycles. The van der Waals surface area contributed by atoms with Crippen LogP contribution in [0.1, 0.15) is 38.2 Å². The SMILES string of the molecule is CCc1ccc(N2C(=O)N(CC(=O)N3CCCCCC3)c3ccccc3S2(=O)=O)cc1. The van der Waals surface area contributed by atoms with Gasteiger partial charge >= 0.3 is 6.03 Å². The molecule has 0 bridgehead atoms. The zero-order valence-corrected chi connectivity index (χ0v) is 18.5. The van der Waals surface area contributed by atoms with E-state index in [1.54, 1.807) is 35.2 Å². The van der Waals surface area contributed by atoms with E-state index < -0.39 is 16.1 Å². The van der Waals surface area contributed by atoms with Gasteiger partial charge in [0, 0.05) is 13.1 Å². The van der Waals surface area contributed by atoms with E-state index in [4.69, 9.17) is 0 Å². The fraction of sp³-hybridized carbons (Fsp3) is 0.391. The molecule has 0 spiro atoms. The number of likely N-dealkylation sites (tertiary alicyclic amines) is 1. The van der Waals surface area contributed by atoms with Gasteiger partial charge in [0.1, 0.15) is 11.4 Å². The first-order valence-corrected chi connectivity index (χ1v) is 12.2. The van der Waals surface area contributed by atoms with E-state index in [1.807, 2.05) is 19.1 Å². The molecule has 2 aromatic carbocycles. The lowest BCUT2D eigenvalue weighted by Gasteiger charge is -2.36. The minimum Gasteiger partial charge on any atom is -0.341 e. The molecule has 0 aromatic heterocycles. The smallest absolute Gasteiger partial charge is 0.341 e. The van der Waals surface area contributed by atoms with E-state index in [-0.39, 0.29) is 28.7 Å². The van der Waals surface area contributed by atoms with Gasteiger partial charge in [-0.2, -0.15) is 4.31 Å². The Morgan fingerprint density at radius 3 is 2.23 bits per heavy atom. The van der Waals surface area contributed by atoms with Crippen molar-refractivity contribution in [3.63, 3.8) is 0 Å². The fourth-order valence-electron chi connectivity index (χ4n) is 4.14. The Bertz CT molecular complexity index is 1070. The molecule has 0 saturated carbocycles. The molecule has 2 heterocycles. The van der Waals surface area contributed by atoms with E-state index in [2.05, 4.69) is 0 Å². The number of hydrogen-bond donors (Lipinski definition) is 0. The van der Waals surface area contributed by atoms with E-state index in [1.165, 1.54) is 11.0 Å². The Morgan fingerprint density at radius 1 is 0.935 bits per heavy atom. The third-order valence-electron chi connectivity index (χ3n) is 5.91. The first-order chi connectivity index (χ1) is 14.9. The van der Waals surface area contributed by atoms with Crippen molar-refractivity contribution >= 4 is 33.3 Å². The summed E-state index contributed by atoms with van der Waals surface area (Å²) < 4.78 is 27.5. The molecule has 0 N–H and O–H groups in total. The van der Waals surface area contributed by atoms with Gasteiger partial charge in [-0.15, -0.1) is 0 Å². The van der Waals surface area contributed by atoms with Crippen LogP contribution >= 0.6 is 0 Å². The second kappa shape index (κ2) is 8.70. The lowest BCUT2D eigenvalue weighted by Crippen LogP contribution is -2.54. The van der Waals surface area contributed by atoms with Gasteiger partial charge in [-0.3, -0.25) is 9.69 Å². The summed E-state index contributed by atoms with van der Waals surface area (Å²) in [5.41, 5.74) is 1.56. The van der Waals surface area contributed by atoms with Crippen LogP contribution in [0.2, 0.25) is 0 Å². The number of carbonyl (C=O) groups excluding carboxylic acids is 2. The van der Waals surface area contributed by atoms with Gasteiger partial charge in [0.2, 0.25) is 5.91 Å². The second-order valence-electron chi connectivity index (χ2n) is 7.92. The van der Waals surface area contributed by atoms with Crippen molar-refractivity contribution in [2.24, 2.45) is 0 Å². The number of aryl methyl sites for hydroxylation is 1. The van der Waals surface area contributed by atoms with Crippen LogP contribution in [0.4, 0.5) is 16.2 Å². The first kappa shape index (κ1) is 21.4. The Hall–Kier alpha value is -2.87. The molecule has 8 heteroatoms. The minimum absolute atomic E-state index is 0.0258. The molecule has 4 rings (SSSR count). The van der Waals surface area contributed by atoms with Crippen LogP contribution in [0.5, 0.6) is 0 Å². The predicted molar refractivity (Wildman–Crippen MR) is 120 cm³/mol. The Labute approximate surface area is 183 Å². The molecular formula is C23H27N3O4S. The molecule has 0 radical (unpaired) electrons. The predicted octanol–water partition coefficient (Wildman–Crippen LogP) is 3.79. The standard InChI is InChI=1S/C23H27N3O4S/c1-2-18-11-13-19(14-12-18)26-23(28)25(17-22(27)24-15-7-3-4-8-16-24)20-9-5-6-10-21(20)31(26,29)30/h5-6,9-14H,2-4,7-8,15-17H2,1H3. The Balaban J connectivity index is 1.72. The zero-order valence-electron chi connectivity index (χ0n) is 17.7. The van der Waals surface area contributed by atoms with Gasteiger partial charge in [-0.05, 0) is 49.1 Å². The molecule has 1 fully saturated rings. The largest absolute Gasteiger partial charge is 0.343 e. The number of fused-ring (bicyclic) bond motifs is 1. The topological polar surface area (TPSA) is 78.0 Å². The molecule has 1 saturated heterocycles. The van der Waals surface area contributed by atoms with Crippen LogP contribution < -0.4 is 9.21 Å². The number of benzene rings is 2. The average Bonchev–Trinajstić information content (AvgIpc) is 3.07. The van der Waals surface area contributed by atoms with Crippen molar-refractivity contribution in [2.75, 3.05) is 28.8 Å². The average molecular weight is 442 g/mol. The van der Waals surface area contributed by atoms with Gasteiger partial charge in [0.05, 0.1) is 11.4 Å². The highest BCUT2D eigenvalue weighted by molar-refractivity contribution is 7.94. The molecule has 0 unspecified atom stereocenters. The van der Waals surface area contributed by atoms with Gasteiger partial charge in [-0.1, -0.05) is 44.0 Å². The lowest BCUT2D eigenvalue weighted by molar-refractivity contribution is -0.129. The molecule has 31 heavy (non-hydrogen) atoms. The summed E-state index contributed by atoms with van der Waals surface area (Å²) in [5, 5.41) is 0. The van der Waals surface area contributed by atoms with Gasteiger partial charge in [-0.25, -0.2) is 13.2 Å². The van der Waals surface area contributed by atoms with Crippen molar-refractivity contribution in [3.8, 4) is 0 Å². The summed E-state index contributed by atoms with van der Waals surface area (Å²) in [6.07, 6.45) is 4.88. The molecule has 2 aliphatic rings. The van der Waals surface area contributed by atoms with E-state index >= 15 is 0 Å². The number of urea groups is 1. The summed E-state index contributed by atoms with van der Waals surface area (Å²) in [4.78, 5) is 29.6. The number of para-hydroxylation sites is 1. The fourth-order valence-corrected chi connectivity index (χ4v) is 5.73. The van der Waals surface area contributed by atoms with Gasteiger partial charge < -0.3 is 4.90 Å². The molecule has 0 atom stereocenters. The van der Waals surface area contributed by atoms with E-state index in [9.17, 15) is 18.0 Å². The van der Waals surface area contributed by atoms with Gasteiger partial charge in [0.15, 0.2) is 0 Å². The maximum atomic E-state index is 13.4. The van der Waals surface area contributed by atoms with Crippen molar-refractivity contribution in [3.05, 3.63) is 54.1 Å². The molecule has 2 aromatic rings. The molecular weight excluding hydrogens is 414 g/mol. The summed E-state index contributed by atoms with van der Waals surface area (Å²) in [5.74, 6) is -0.161. The quantitative estimate of drug-likeness (QED) is 0.723. The normalized spacial score (nSPS) is 18.5. The van der Waals surface area contributed by atoms with Crippen molar-refractivity contribution in [1.82, 2.24) is 4.90 Å². The third kappa shape index (κ3) is 4.04. The van der Waals surface area contributed by atoms with Crippen molar-refractivity contribution in [2.45, 2.75) is 43.9 Å². The van der Waals surface area contributed by atoms with Crippen molar-refractivity contribution in [1.29, 1.82) is 0 Å². The van der Waals surface area contributed by atoms with Crippen LogP contribution in [-0.4, -0.2) is 44.9 Å². The maximum Gasteiger partial charge on any atom is 0.343 e. The zero-order chi connectivity index (χ0) is 22.0. The number of anilines is 2. The van der Waals surface area contributed by atoms with Gasteiger partial charge in [0.25, 0.3) is 10.0 Å². The van der Waals surface area contributed by atoms with Crippen LogP contribution in [0.25, 0.3) is 0 Å². The highest BCUT2D eigenvalue weighted by atomic mass is 32.2. The molecule has 7 nitrogen and oxygen atoms in total. The van der Waals surface area contributed by atoms with E-state index in [0.717, 1.165) is 42.0 Å². The Morgan fingerprint density at radius 2 is 1.58 bits per heavy atom.